The Labute approximate surface area is 103 Å². The molecule has 1 aliphatic carbocycles. The van der Waals surface area contributed by atoms with Gasteiger partial charge in [-0.2, -0.15) is 11.8 Å². The third-order valence-corrected chi connectivity index (χ3v) is 6.55. The fraction of sp³-hybridized carbons (Fsp3) is 1.00. The lowest BCUT2D eigenvalue weighted by molar-refractivity contribution is 0.196. The van der Waals surface area contributed by atoms with Crippen molar-refractivity contribution in [2.75, 3.05) is 6.26 Å². The van der Waals surface area contributed by atoms with E-state index in [4.69, 9.17) is 0 Å². The summed E-state index contributed by atoms with van der Waals surface area (Å²) >= 11 is 1.73. The maximum atomic E-state index is 11.5. The van der Waals surface area contributed by atoms with E-state index >= 15 is 0 Å². The monoisotopic (exact) mass is 266 g/mol. The van der Waals surface area contributed by atoms with Crippen LogP contribution in [0.4, 0.5) is 0 Å². The van der Waals surface area contributed by atoms with Crippen LogP contribution >= 0.6 is 11.8 Å². The molecule has 0 amide bonds. The zero-order chi connectivity index (χ0) is 12.3. The molecule has 4 atom stereocenters. The van der Waals surface area contributed by atoms with Gasteiger partial charge in [0.1, 0.15) is 9.84 Å². The average molecular weight is 266 g/mol. The van der Waals surface area contributed by atoms with Gasteiger partial charge < -0.3 is 5.11 Å². The Bertz CT molecular complexity index is 311. The Morgan fingerprint density at radius 3 is 2.44 bits per heavy atom. The summed E-state index contributed by atoms with van der Waals surface area (Å²) < 4.78 is 23.0. The molecule has 0 radical (unpaired) electrons. The van der Waals surface area contributed by atoms with Crippen molar-refractivity contribution in [3.05, 3.63) is 0 Å². The maximum absolute atomic E-state index is 11.5. The van der Waals surface area contributed by atoms with E-state index in [1.807, 2.05) is 6.92 Å². The van der Waals surface area contributed by atoms with Crippen molar-refractivity contribution in [1.29, 1.82) is 0 Å². The van der Waals surface area contributed by atoms with Gasteiger partial charge in [-0.25, -0.2) is 8.42 Å². The van der Waals surface area contributed by atoms with Gasteiger partial charge in [-0.15, -0.1) is 0 Å². The summed E-state index contributed by atoms with van der Waals surface area (Å²) in [6, 6.07) is 0. The topological polar surface area (TPSA) is 54.4 Å². The van der Waals surface area contributed by atoms with E-state index in [9.17, 15) is 13.5 Å². The number of sulfone groups is 1. The number of thioether (sulfide) groups is 1. The maximum Gasteiger partial charge on any atom is 0.150 e. The van der Waals surface area contributed by atoms with Gasteiger partial charge in [0.15, 0.2) is 0 Å². The van der Waals surface area contributed by atoms with E-state index in [2.05, 4.69) is 0 Å². The van der Waals surface area contributed by atoms with Crippen molar-refractivity contribution < 1.29 is 13.5 Å². The lowest BCUT2D eigenvalue weighted by Gasteiger charge is -2.30. The van der Waals surface area contributed by atoms with Crippen molar-refractivity contribution in [2.24, 2.45) is 0 Å². The highest BCUT2D eigenvalue weighted by molar-refractivity contribution is 8.00. The van der Waals surface area contributed by atoms with Crippen molar-refractivity contribution >= 4 is 21.6 Å². The molecule has 0 spiro atoms. The Balaban J connectivity index is 2.51. The Morgan fingerprint density at radius 1 is 1.31 bits per heavy atom. The van der Waals surface area contributed by atoms with E-state index in [1.165, 1.54) is 6.26 Å². The van der Waals surface area contributed by atoms with E-state index in [1.54, 1.807) is 18.7 Å². The number of aliphatic hydroxyl groups excluding tert-OH is 1. The van der Waals surface area contributed by atoms with Gasteiger partial charge in [-0.1, -0.05) is 13.3 Å². The van der Waals surface area contributed by atoms with Crippen LogP contribution in [0, 0.1) is 0 Å². The summed E-state index contributed by atoms with van der Waals surface area (Å²) in [4.78, 5) is 0. The van der Waals surface area contributed by atoms with Crippen LogP contribution in [0.15, 0.2) is 0 Å². The summed E-state index contributed by atoms with van der Waals surface area (Å²) in [7, 11) is -2.89. The highest BCUT2D eigenvalue weighted by Crippen LogP contribution is 2.34. The second-order valence-corrected chi connectivity index (χ2v) is 8.83. The van der Waals surface area contributed by atoms with Crippen LogP contribution in [0.1, 0.15) is 39.5 Å². The van der Waals surface area contributed by atoms with E-state index in [0.29, 0.717) is 5.25 Å². The fourth-order valence-electron chi connectivity index (χ4n) is 2.03. The number of hydrogen-bond acceptors (Lipinski definition) is 4. The predicted octanol–water partition coefficient (Wildman–Crippen LogP) is 1.84. The third kappa shape index (κ3) is 4.26. The standard InChI is InChI=1S/C11H22O3S2/c1-8(12)9(2)15-10-5-4-6-11(7-10)16(3,13)14/h8-12H,4-7H2,1-3H3. The van der Waals surface area contributed by atoms with Gasteiger partial charge in [-0.3, -0.25) is 0 Å². The SMILES string of the molecule is CC(O)C(C)SC1CCCC(S(C)(=O)=O)C1. The normalized spacial score (nSPS) is 31.0. The molecule has 0 bridgehead atoms. The Hall–Kier alpha value is 0.260. The summed E-state index contributed by atoms with van der Waals surface area (Å²) in [6.07, 6.45) is 4.63. The lowest BCUT2D eigenvalue weighted by Crippen LogP contribution is -2.30. The quantitative estimate of drug-likeness (QED) is 0.843. The van der Waals surface area contributed by atoms with Crippen LogP contribution in [0.2, 0.25) is 0 Å². The highest BCUT2D eigenvalue weighted by atomic mass is 32.2. The minimum atomic E-state index is -2.89. The molecule has 1 saturated carbocycles. The third-order valence-electron chi connectivity index (χ3n) is 3.27. The van der Waals surface area contributed by atoms with Gasteiger partial charge in [0, 0.05) is 16.8 Å². The van der Waals surface area contributed by atoms with Gasteiger partial charge in [0.25, 0.3) is 0 Å². The van der Waals surface area contributed by atoms with Crippen LogP contribution in [0.3, 0.4) is 0 Å². The van der Waals surface area contributed by atoms with E-state index in [-0.39, 0.29) is 16.6 Å². The number of rotatable bonds is 4. The molecule has 4 unspecified atom stereocenters. The van der Waals surface area contributed by atoms with Gasteiger partial charge in [0.05, 0.1) is 11.4 Å². The van der Waals surface area contributed by atoms with Crippen LogP contribution < -0.4 is 0 Å². The minimum Gasteiger partial charge on any atom is -0.392 e. The van der Waals surface area contributed by atoms with Gasteiger partial charge in [-0.05, 0) is 26.2 Å². The molecule has 0 aromatic rings. The smallest absolute Gasteiger partial charge is 0.150 e. The summed E-state index contributed by atoms with van der Waals surface area (Å²) in [5, 5.41) is 9.84. The molecule has 1 fully saturated rings. The predicted molar refractivity (Wildman–Crippen MR) is 69.6 cm³/mol. The summed E-state index contributed by atoms with van der Waals surface area (Å²) in [5.41, 5.74) is 0. The number of hydrogen-bond donors (Lipinski definition) is 1. The first-order valence-corrected chi connectivity index (χ1v) is 8.73. The van der Waals surface area contributed by atoms with Crippen molar-refractivity contribution in [1.82, 2.24) is 0 Å². The van der Waals surface area contributed by atoms with Gasteiger partial charge in [0.2, 0.25) is 0 Å². The molecule has 0 saturated heterocycles. The molecule has 1 rings (SSSR count). The summed E-state index contributed by atoms with van der Waals surface area (Å²) in [5.74, 6) is 0. The Morgan fingerprint density at radius 2 is 1.94 bits per heavy atom. The van der Waals surface area contributed by atoms with Gasteiger partial charge >= 0.3 is 0 Å². The zero-order valence-electron chi connectivity index (χ0n) is 10.2. The average Bonchev–Trinajstić information content (AvgIpc) is 2.16. The molecule has 0 aromatic carbocycles. The van der Waals surface area contributed by atoms with E-state index in [0.717, 1.165) is 25.7 Å². The molecule has 1 N–H and O–H groups in total. The van der Waals surface area contributed by atoms with Crippen LogP contribution in [0.5, 0.6) is 0 Å². The largest absolute Gasteiger partial charge is 0.392 e. The van der Waals surface area contributed by atoms with Crippen molar-refractivity contribution in [3.63, 3.8) is 0 Å². The molecule has 3 nitrogen and oxygen atoms in total. The lowest BCUT2D eigenvalue weighted by atomic mass is 10.00. The molecular weight excluding hydrogens is 244 g/mol. The molecule has 96 valence electrons. The first-order chi connectivity index (χ1) is 7.30. The molecule has 16 heavy (non-hydrogen) atoms. The minimum absolute atomic E-state index is 0.167. The first-order valence-electron chi connectivity index (χ1n) is 5.83. The molecule has 5 heteroatoms. The van der Waals surface area contributed by atoms with Crippen molar-refractivity contribution in [3.8, 4) is 0 Å². The highest BCUT2D eigenvalue weighted by Gasteiger charge is 2.30. The second-order valence-electron chi connectivity index (χ2n) is 4.82. The van der Waals surface area contributed by atoms with Crippen LogP contribution in [-0.4, -0.2) is 41.6 Å². The van der Waals surface area contributed by atoms with E-state index < -0.39 is 9.84 Å². The zero-order valence-corrected chi connectivity index (χ0v) is 11.9. The Kier molecular flexibility index (Phi) is 5.13. The summed E-state index contributed by atoms with van der Waals surface area (Å²) in [6.45, 7) is 3.79. The molecule has 1 aliphatic rings. The fourth-order valence-corrected chi connectivity index (χ4v) is 4.81. The molecule has 0 aliphatic heterocycles. The molecular formula is C11H22O3S2. The molecule has 0 heterocycles. The number of aliphatic hydroxyl groups is 1. The van der Waals surface area contributed by atoms with Crippen LogP contribution in [0.25, 0.3) is 0 Å². The van der Waals surface area contributed by atoms with Crippen molar-refractivity contribution in [2.45, 2.75) is 61.4 Å². The first kappa shape index (κ1) is 14.3. The molecule has 0 aromatic heterocycles. The second kappa shape index (κ2) is 5.74. The van der Waals surface area contributed by atoms with Crippen LogP contribution in [-0.2, 0) is 9.84 Å².